The molecule has 0 fully saturated rings. The molecule has 2 aromatic heterocycles. The van der Waals surface area contributed by atoms with Crippen molar-refractivity contribution in [1.29, 1.82) is 0 Å². The fraction of sp³-hybridized carbons (Fsp3) is 0.154. The number of aromatic nitrogens is 2. The van der Waals surface area contributed by atoms with E-state index in [0.29, 0.717) is 12.2 Å². The third-order valence-electron chi connectivity index (χ3n) is 2.88. The van der Waals surface area contributed by atoms with Crippen molar-refractivity contribution in [2.24, 2.45) is 0 Å². The van der Waals surface area contributed by atoms with Crippen LogP contribution in [0, 0.1) is 0 Å². The Balaban J connectivity index is 2.30. The second kappa shape index (κ2) is 4.44. The quantitative estimate of drug-likeness (QED) is 0.710. The number of aliphatic hydroxyl groups excluding tert-OH is 1. The summed E-state index contributed by atoms with van der Waals surface area (Å²) >= 11 is 1.63. The summed E-state index contributed by atoms with van der Waals surface area (Å²) in [5, 5.41) is 11.2. The highest BCUT2D eigenvalue weighted by molar-refractivity contribution is 7.13. The smallest absolute Gasteiger partial charge is 0.151 e. The molecule has 4 nitrogen and oxygen atoms in total. The van der Waals surface area contributed by atoms with Crippen molar-refractivity contribution in [3.8, 4) is 10.7 Å². The molecule has 2 heterocycles. The fourth-order valence-corrected chi connectivity index (χ4v) is 2.81. The van der Waals surface area contributed by atoms with Crippen LogP contribution in [-0.4, -0.2) is 21.3 Å². The predicted molar refractivity (Wildman–Crippen MR) is 74.5 cm³/mol. The lowest BCUT2D eigenvalue weighted by atomic mass is 10.3. The number of aliphatic hydroxyl groups is 1. The van der Waals surface area contributed by atoms with E-state index in [2.05, 4.69) is 4.98 Å². The lowest BCUT2D eigenvalue weighted by Gasteiger charge is -2.05. The summed E-state index contributed by atoms with van der Waals surface area (Å²) in [6.45, 7) is 0.603. The molecule has 3 aromatic rings. The first-order valence-electron chi connectivity index (χ1n) is 5.70. The van der Waals surface area contributed by atoms with Crippen LogP contribution in [-0.2, 0) is 6.54 Å². The Bertz CT molecular complexity index is 673. The van der Waals surface area contributed by atoms with Gasteiger partial charge in [0.2, 0.25) is 0 Å². The molecule has 0 saturated carbocycles. The Kier molecular flexibility index (Phi) is 2.77. The van der Waals surface area contributed by atoms with E-state index < -0.39 is 0 Å². The second-order valence-electron chi connectivity index (χ2n) is 4.00. The summed E-state index contributed by atoms with van der Waals surface area (Å²) in [6, 6.07) is 9.75. The highest BCUT2D eigenvalue weighted by Crippen LogP contribution is 2.30. The molecular weight excluding hydrogens is 246 g/mol. The normalized spacial score (nSPS) is 11.2. The van der Waals surface area contributed by atoms with Crippen molar-refractivity contribution in [1.82, 2.24) is 9.55 Å². The Morgan fingerprint density at radius 3 is 2.89 bits per heavy atom. The maximum absolute atomic E-state index is 9.21. The number of para-hydroxylation sites is 1. The number of benzene rings is 1. The van der Waals surface area contributed by atoms with Crippen LogP contribution >= 0.6 is 11.3 Å². The van der Waals surface area contributed by atoms with Crippen LogP contribution in [0.5, 0.6) is 0 Å². The van der Waals surface area contributed by atoms with E-state index in [9.17, 15) is 5.11 Å². The first-order chi connectivity index (χ1) is 8.81. The number of imidazole rings is 1. The average molecular weight is 259 g/mol. The molecule has 3 rings (SSSR count). The van der Waals surface area contributed by atoms with E-state index in [1.165, 1.54) is 0 Å². The van der Waals surface area contributed by atoms with Gasteiger partial charge in [0.15, 0.2) is 5.82 Å². The number of nitrogens with zero attached hydrogens (tertiary/aromatic N) is 2. The second-order valence-corrected chi connectivity index (χ2v) is 4.95. The van der Waals surface area contributed by atoms with Crippen LogP contribution in [0.2, 0.25) is 0 Å². The molecule has 0 amide bonds. The SMILES string of the molecule is Nc1cccc2c1nc(-c1cccs1)n2CCO. The minimum atomic E-state index is 0.0820. The molecule has 0 aliphatic heterocycles. The molecule has 3 N–H and O–H groups in total. The third kappa shape index (κ3) is 1.68. The Morgan fingerprint density at radius 2 is 2.17 bits per heavy atom. The van der Waals surface area contributed by atoms with Crippen molar-refractivity contribution in [3.63, 3.8) is 0 Å². The largest absolute Gasteiger partial charge is 0.397 e. The number of nitrogens with two attached hydrogens (primary N) is 1. The van der Waals surface area contributed by atoms with E-state index >= 15 is 0 Å². The van der Waals surface area contributed by atoms with Crippen LogP contribution in [0.4, 0.5) is 5.69 Å². The summed E-state index contributed by atoms with van der Waals surface area (Å²) in [5.74, 6) is 0.868. The van der Waals surface area contributed by atoms with Crippen molar-refractivity contribution in [2.45, 2.75) is 6.54 Å². The monoisotopic (exact) mass is 259 g/mol. The maximum Gasteiger partial charge on any atom is 0.151 e. The fourth-order valence-electron chi connectivity index (χ4n) is 2.09. The molecule has 0 atom stereocenters. The zero-order valence-corrected chi connectivity index (χ0v) is 10.5. The molecule has 1 aromatic carbocycles. The van der Waals surface area contributed by atoms with Gasteiger partial charge in [-0.2, -0.15) is 0 Å². The summed E-state index contributed by atoms with van der Waals surface area (Å²) in [5.41, 5.74) is 8.39. The van der Waals surface area contributed by atoms with Crippen molar-refractivity contribution in [3.05, 3.63) is 35.7 Å². The molecule has 0 saturated heterocycles. The zero-order chi connectivity index (χ0) is 12.5. The lowest BCUT2D eigenvalue weighted by Crippen LogP contribution is -2.03. The highest BCUT2D eigenvalue weighted by Gasteiger charge is 2.14. The molecule has 0 aliphatic carbocycles. The number of fused-ring (bicyclic) bond motifs is 1. The molecule has 18 heavy (non-hydrogen) atoms. The Morgan fingerprint density at radius 1 is 1.28 bits per heavy atom. The predicted octanol–water partition coefficient (Wildman–Crippen LogP) is 2.34. The summed E-state index contributed by atoms with van der Waals surface area (Å²) in [4.78, 5) is 5.69. The van der Waals surface area contributed by atoms with E-state index in [1.54, 1.807) is 11.3 Å². The van der Waals surface area contributed by atoms with Crippen LogP contribution in [0.1, 0.15) is 0 Å². The van der Waals surface area contributed by atoms with Crippen LogP contribution in [0.15, 0.2) is 35.7 Å². The molecule has 5 heteroatoms. The molecule has 0 bridgehead atoms. The van der Waals surface area contributed by atoms with E-state index in [4.69, 9.17) is 5.73 Å². The molecule has 0 spiro atoms. The van der Waals surface area contributed by atoms with Gasteiger partial charge in [-0.05, 0) is 23.6 Å². The summed E-state index contributed by atoms with van der Waals surface area (Å²) in [7, 11) is 0. The van der Waals surface area contributed by atoms with Crippen molar-refractivity contribution < 1.29 is 5.11 Å². The van der Waals surface area contributed by atoms with Crippen LogP contribution in [0.3, 0.4) is 0 Å². The minimum Gasteiger partial charge on any atom is -0.397 e. The topological polar surface area (TPSA) is 64.1 Å². The highest BCUT2D eigenvalue weighted by atomic mass is 32.1. The molecule has 0 unspecified atom stereocenters. The maximum atomic E-state index is 9.21. The van der Waals surface area contributed by atoms with E-state index in [0.717, 1.165) is 21.7 Å². The van der Waals surface area contributed by atoms with Gasteiger partial charge >= 0.3 is 0 Å². The standard InChI is InChI=1S/C13H13N3OS/c14-9-3-1-4-10-12(9)15-13(16(10)6-7-17)11-5-2-8-18-11/h1-5,8,17H,6-7,14H2. The first-order valence-corrected chi connectivity index (χ1v) is 6.58. The number of hydrogen-bond acceptors (Lipinski definition) is 4. The number of nitrogen functional groups attached to an aromatic ring is 1. The summed E-state index contributed by atoms with van der Waals surface area (Å²) in [6.07, 6.45) is 0. The van der Waals surface area contributed by atoms with Gasteiger partial charge in [0.25, 0.3) is 0 Å². The minimum absolute atomic E-state index is 0.0820. The molecular formula is C13H13N3OS. The van der Waals surface area contributed by atoms with Gasteiger partial charge < -0.3 is 15.4 Å². The number of rotatable bonds is 3. The molecule has 92 valence electrons. The third-order valence-corrected chi connectivity index (χ3v) is 3.74. The number of hydrogen-bond donors (Lipinski definition) is 2. The van der Waals surface area contributed by atoms with Crippen LogP contribution < -0.4 is 5.73 Å². The molecule has 0 aliphatic rings. The van der Waals surface area contributed by atoms with Gasteiger partial charge in [-0.3, -0.25) is 0 Å². The van der Waals surface area contributed by atoms with Gasteiger partial charge in [-0.15, -0.1) is 11.3 Å². The number of anilines is 1. The van der Waals surface area contributed by atoms with Crippen molar-refractivity contribution >= 4 is 28.1 Å². The van der Waals surface area contributed by atoms with Gasteiger partial charge in [0, 0.05) is 6.54 Å². The van der Waals surface area contributed by atoms with E-state index in [1.807, 2.05) is 40.3 Å². The first kappa shape index (κ1) is 11.3. The Hall–Kier alpha value is -1.85. The Labute approximate surface area is 108 Å². The van der Waals surface area contributed by atoms with Gasteiger partial charge in [-0.25, -0.2) is 4.98 Å². The lowest BCUT2D eigenvalue weighted by molar-refractivity contribution is 0.278. The average Bonchev–Trinajstić information content (AvgIpc) is 2.98. The zero-order valence-electron chi connectivity index (χ0n) is 9.71. The van der Waals surface area contributed by atoms with Gasteiger partial charge in [0.1, 0.15) is 5.52 Å². The van der Waals surface area contributed by atoms with Crippen molar-refractivity contribution in [2.75, 3.05) is 12.3 Å². The number of thiophene rings is 1. The van der Waals surface area contributed by atoms with E-state index in [-0.39, 0.29) is 6.61 Å². The molecule has 0 radical (unpaired) electrons. The van der Waals surface area contributed by atoms with Gasteiger partial charge in [-0.1, -0.05) is 12.1 Å². The summed E-state index contributed by atoms with van der Waals surface area (Å²) < 4.78 is 2.01. The van der Waals surface area contributed by atoms with Crippen LogP contribution in [0.25, 0.3) is 21.7 Å². The van der Waals surface area contributed by atoms with Gasteiger partial charge in [0.05, 0.1) is 22.7 Å².